The second-order valence-corrected chi connectivity index (χ2v) is 11.2. The molecule has 3 rings (SSSR count). The number of nitrogens with zero attached hydrogens (tertiary/aromatic N) is 1. The summed E-state index contributed by atoms with van der Waals surface area (Å²) in [5.41, 5.74) is 8.55. The Morgan fingerprint density at radius 1 is 1.02 bits per heavy atom. The maximum Gasteiger partial charge on any atom is 0.0735 e. The van der Waals surface area contributed by atoms with E-state index in [0.29, 0.717) is 27.7 Å². The first-order chi connectivity index (χ1) is 19.2. The molecular weight excluding hydrogens is 557 g/mol. The minimum atomic E-state index is 0.367. The van der Waals surface area contributed by atoms with Crippen LogP contribution < -0.4 is 10.6 Å². The van der Waals surface area contributed by atoms with E-state index in [1.807, 2.05) is 62.5 Å². The fourth-order valence-electron chi connectivity index (χ4n) is 4.77. The Labute approximate surface area is 255 Å². The van der Waals surface area contributed by atoms with Gasteiger partial charge in [0.2, 0.25) is 0 Å². The standard InChI is InChI=1S/C34H40Cl3N3/c1-7-10-13-24(38-6)20-39-21-29-30(35)19-32(40-31(29)9-3)28-17-12-16-27(34(28)37)26-15-11-14-25(33(26)36)23(8-2)18-22(4)5/h7-8,11-12,14-19,24,38-39H,1,9-10,13,20-21H2,2-6H3/b23-8+. The number of pyridine rings is 1. The Hall–Kier alpha value is -2.40. The second kappa shape index (κ2) is 15.6. The first-order valence-corrected chi connectivity index (χ1v) is 14.9. The summed E-state index contributed by atoms with van der Waals surface area (Å²) in [5, 5.41) is 8.85. The summed E-state index contributed by atoms with van der Waals surface area (Å²) in [6.07, 6.45) is 8.94. The lowest BCUT2D eigenvalue weighted by Crippen LogP contribution is -2.36. The topological polar surface area (TPSA) is 37.0 Å². The summed E-state index contributed by atoms with van der Waals surface area (Å²) in [6, 6.07) is 14.3. The maximum atomic E-state index is 7.07. The Morgan fingerprint density at radius 2 is 1.70 bits per heavy atom. The molecule has 0 aliphatic carbocycles. The summed E-state index contributed by atoms with van der Waals surface area (Å²) >= 11 is 20.9. The molecule has 2 aromatic carbocycles. The molecule has 1 unspecified atom stereocenters. The van der Waals surface area contributed by atoms with Gasteiger partial charge in [-0.15, -0.1) is 6.58 Å². The third-order valence-corrected chi connectivity index (χ3v) is 8.09. The molecule has 3 nitrogen and oxygen atoms in total. The van der Waals surface area contributed by atoms with E-state index in [9.17, 15) is 0 Å². The molecular formula is C34H40Cl3N3. The van der Waals surface area contributed by atoms with Crippen molar-refractivity contribution < 1.29 is 0 Å². The van der Waals surface area contributed by atoms with Crippen LogP contribution in [0.3, 0.4) is 0 Å². The van der Waals surface area contributed by atoms with E-state index in [1.54, 1.807) is 0 Å². The predicted octanol–water partition coefficient (Wildman–Crippen LogP) is 9.95. The zero-order valence-corrected chi connectivity index (χ0v) is 26.4. The molecule has 0 saturated carbocycles. The summed E-state index contributed by atoms with van der Waals surface area (Å²) < 4.78 is 0. The number of likely N-dealkylation sites (N-methyl/N-ethyl adjacent to an activating group) is 1. The van der Waals surface area contributed by atoms with E-state index >= 15 is 0 Å². The normalized spacial score (nSPS) is 12.3. The highest BCUT2D eigenvalue weighted by molar-refractivity contribution is 6.39. The summed E-state index contributed by atoms with van der Waals surface area (Å²) in [4.78, 5) is 5.01. The number of benzene rings is 2. The highest BCUT2D eigenvalue weighted by Gasteiger charge is 2.18. The van der Waals surface area contributed by atoms with Crippen molar-refractivity contribution in [2.24, 2.45) is 0 Å². The molecule has 0 fully saturated rings. The highest BCUT2D eigenvalue weighted by Crippen LogP contribution is 2.42. The molecule has 3 aromatic rings. The predicted molar refractivity (Wildman–Crippen MR) is 177 cm³/mol. The van der Waals surface area contributed by atoms with Crippen molar-refractivity contribution in [1.82, 2.24) is 15.6 Å². The van der Waals surface area contributed by atoms with Gasteiger partial charge in [-0.3, -0.25) is 4.98 Å². The van der Waals surface area contributed by atoms with Crippen LogP contribution in [-0.2, 0) is 13.0 Å². The van der Waals surface area contributed by atoms with Gasteiger partial charge in [-0.2, -0.15) is 0 Å². The molecule has 1 aromatic heterocycles. The minimum absolute atomic E-state index is 0.367. The van der Waals surface area contributed by atoms with Gasteiger partial charge >= 0.3 is 0 Å². The number of hydrogen-bond donors (Lipinski definition) is 2. The number of allylic oxidation sites excluding steroid dienone is 5. The number of aryl methyl sites for hydroxylation is 1. The third kappa shape index (κ3) is 7.87. The Morgan fingerprint density at radius 3 is 2.33 bits per heavy atom. The summed E-state index contributed by atoms with van der Waals surface area (Å²) in [6.45, 7) is 13.6. The van der Waals surface area contributed by atoms with Crippen LogP contribution in [0.15, 0.2) is 72.8 Å². The lowest BCUT2D eigenvalue weighted by molar-refractivity contribution is 0.482. The zero-order chi connectivity index (χ0) is 29.2. The maximum absolute atomic E-state index is 7.07. The van der Waals surface area contributed by atoms with Crippen molar-refractivity contribution in [2.45, 2.75) is 59.5 Å². The first-order valence-electron chi connectivity index (χ1n) is 13.8. The molecule has 0 spiro atoms. The third-order valence-electron chi connectivity index (χ3n) is 6.94. The van der Waals surface area contributed by atoms with Crippen LogP contribution in [0, 0.1) is 0 Å². The van der Waals surface area contributed by atoms with Gasteiger partial charge in [0.05, 0.1) is 15.7 Å². The Bertz CT molecular complexity index is 1390. The van der Waals surface area contributed by atoms with Gasteiger partial charge in [0.15, 0.2) is 0 Å². The number of halogens is 3. The smallest absolute Gasteiger partial charge is 0.0735 e. The van der Waals surface area contributed by atoms with E-state index < -0.39 is 0 Å². The quantitative estimate of drug-likeness (QED) is 0.152. The van der Waals surface area contributed by atoms with Gasteiger partial charge in [0, 0.05) is 57.7 Å². The van der Waals surface area contributed by atoms with Crippen molar-refractivity contribution >= 4 is 40.4 Å². The van der Waals surface area contributed by atoms with Gasteiger partial charge in [-0.05, 0) is 58.7 Å². The van der Waals surface area contributed by atoms with Crippen molar-refractivity contribution in [3.05, 3.63) is 105 Å². The Kier molecular flexibility index (Phi) is 12.5. The number of aromatic nitrogens is 1. The molecule has 40 heavy (non-hydrogen) atoms. The number of nitrogens with one attached hydrogen (secondary N) is 2. The molecule has 0 aliphatic heterocycles. The van der Waals surface area contributed by atoms with Crippen molar-refractivity contribution in [1.29, 1.82) is 0 Å². The van der Waals surface area contributed by atoms with Gasteiger partial charge in [0.1, 0.15) is 0 Å². The fourth-order valence-corrected chi connectivity index (χ4v) is 5.72. The van der Waals surface area contributed by atoms with Crippen LogP contribution in [0.1, 0.15) is 57.4 Å². The molecule has 1 heterocycles. The van der Waals surface area contributed by atoms with Crippen LogP contribution in [0.25, 0.3) is 28.0 Å². The molecule has 0 saturated heterocycles. The van der Waals surface area contributed by atoms with Gasteiger partial charge in [0.25, 0.3) is 0 Å². The molecule has 0 amide bonds. The average Bonchev–Trinajstić information content (AvgIpc) is 2.94. The van der Waals surface area contributed by atoms with E-state index in [2.05, 4.69) is 50.1 Å². The Balaban J connectivity index is 1.97. The van der Waals surface area contributed by atoms with E-state index in [0.717, 1.165) is 70.6 Å². The molecule has 1 atom stereocenters. The van der Waals surface area contributed by atoms with Crippen LogP contribution in [0.2, 0.25) is 15.1 Å². The lowest BCUT2D eigenvalue weighted by atomic mass is 9.95. The van der Waals surface area contributed by atoms with Gasteiger partial charge in [-0.1, -0.05) is 102 Å². The summed E-state index contributed by atoms with van der Waals surface area (Å²) in [5.74, 6) is 0. The van der Waals surface area contributed by atoms with Crippen LogP contribution in [0.5, 0.6) is 0 Å². The number of rotatable bonds is 13. The van der Waals surface area contributed by atoms with Crippen molar-refractivity contribution in [2.75, 3.05) is 13.6 Å². The van der Waals surface area contributed by atoms with Crippen LogP contribution in [-0.4, -0.2) is 24.6 Å². The lowest BCUT2D eigenvalue weighted by Gasteiger charge is -2.18. The number of hydrogen-bond acceptors (Lipinski definition) is 3. The molecule has 0 aliphatic rings. The molecule has 212 valence electrons. The zero-order valence-electron chi connectivity index (χ0n) is 24.2. The average molecular weight is 597 g/mol. The minimum Gasteiger partial charge on any atom is -0.316 e. The van der Waals surface area contributed by atoms with E-state index in [4.69, 9.17) is 39.8 Å². The second-order valence-electron chi connectivity index (χ2n) is 10.1. The first kappa shape index (κ1) is 32.1. The molecule has 0 bridgehead atoms. The summed E-state index contributed by atoms with van der Waals surface area (Å²) in [7, 11) is 1.99. The monoisotopic (exact) mass is 595 g/mol. The van der Waals surface area contributed by atoms with Crippen LogP contribution >= 0.6 is 34.8 Å². The largest absolute Gasteiger partial charge is 0.316 e. The van der Waals surface area contributed by atoms with Crippen molar-refractivity contribution in [3.63, 3.8) is 0 Å². The molecule has 0 radical (unpaired) electrons. The van der Waals surface area contributed by atoms with Gasteiger partial charge < -0.3 is 10.6 Å². The highest BCUT2D eigenvalue weighted by atomic mass is 35.5. The molecule has 2 N–H and O–H groups in total. The fraction of sp³-hybridized carbons (Fsp3) is 0.324. The van der Waals surface area contributed by atoms with Crippen LogP contribution in [0.4, 0.5) is 0 Å². The molecule has 6 heteroatoms. The SMILES string of the molecule is C=CCCC(CNCc1c(Cl)cc(-c2cccc(-c3cccc(/C(C=C(C)C)=C/C)c3Cl)c2Cl)nc1CC)NC. The van der Waals surface area contributed by atoms with Crippen molar-refractivity contribution in [3.8, 4) is 22.4 Å². The van der Waals surface area contributed by atoms with E-state index in [1.165, 1.54) is 5.57 Å². The van der Waals surface area contributed by atoms with Gasteiger partial charge in [-0.25, -0.2) is 0 Å². The van der Waals surface area contributed by atoms with E-state index in [-0.39, 0.29) is 0 Å².